The fourth-order valence-corrected chi connectivity index (χ4v) is 1.77. The third-order valence-corrected chi connectivity index (χ3v) is 2.79. The molecular weight excluding hydrogens is 282 g/mol. The fraction of sp³-hybridized carbons (Fsp3) is 0.375. The van der Waals surface area contributed by atoms with Crippen LogP contribution in [-0.2, 0) is 11.3 Å². The van der Waals surface area contributed by atoms with Crippen molar-refractivity contribution in [3.63, 3.8) is 0 Å². The van der Waals surface area contributed by atoms with E-state index in [4.69, 9.17) is 15.9 Å². The lowest BCUT2D eigenvalue weighted by molar-refractivity contribution is 0.0597. The standard InChI is InChI=1S/C16H21N3O3/c1-5-9-18-16(17-6-2)19-11-12-7-8-14(21-3)13(10-12)15(20)22-4/h1,7-8,10H,6,9,11H2,2-4H3,(H2,17,18,19). The second-order valence-corrected chi connectivity index (χ2v) is 4.28. The van der Waals surface area contributed by atoms with Crippen molar-refractivity contribution in [1.29, 1.82) is 0 Å². The smallest absolute Gasteiger partial charge is 0.341 e. The van der Waals surface area contributed by atoms with E-state index in [9.17, 15) is 4.79 Å². The van der Waals surface area contributed by atoms with E-state index in [1.165, 1.54) is 14.2 Å². The molecule has 6 nitrogen and oxygen atoms in total. The molecule has 118 valence electrons. The number of hydrogen-bond acceptors (Lipinski definition) is 4. The van der Waals surface area contributed by atoms with Crippen LogP contribution in [0.4, 0.5) is 0 Å². The van der Waals surface area contributed by atoms with Gasteiger partial charge in [-0.1, -0.05) is 12.0 Å². The summed E-state index contributed by atoms with van der Waals surface area (Å²) in [7, 11) is 2.84. The van der Waals surface area contributed by atoms with Gasteiger partial charge in [0, 0.05) is 6.54 Å². The van der Waals surface area contributed by atoms with E-state index in [1.54, 1.807) is 12.1 Å². The lowest BCUT2D eigenvalue weighted by atomic mass is 10.1. The molecule has 0 saturated heterocycles. The van der Waals surface area contributed by atoms with Crippen LogP contribution in [0.3, 0.4) is 0 Å². The van der Waals surface area contributed by atoms with Crippen LogP contribution in [0.5, 0.6) is 5.75 Å². The molecule has 1 aromatic rings. The van der Waals surface area contributed by atoms with Crippen molar-refractivity contribution >= 4 is 11.9 Å². The fourth-order valence-electron chi connectivity index (χ4n) is 1.77. The van der Waals surface area contributed by atoms with Gasteiger partial charge in [0.05, 0.1) is 27.3 Å². The Morgan fingerprint density at radius 1 is 1.36 bits per heavy atom. The first-order chi connectivity index (χ1) is 10.7. The number of benzene rings is 1. The number of carbonyl (C=O) groups excluding carboxylic acids is 1. The maximum Gasteiger partial charge on any atom is 0.341 e. The summed E-state index contributed by atoms with van der Waals surface area (Å²) in [6.45, 7) is 3.48. The molecule has 1 aromatic carbocycles. The molecule has 0 spiro atoms. The average molecular weight is 303 g/mol. The summed E-state index contributed by atoms with van der Waals surface area (Å²) in [5.41, 5.74) is 1.23. The monoisotopic (exact) mass is 303 g/mol. The van der Waals surface area contributed by atoms with Crippen LogP contribution in [0.1, 0.15) is 22.8 Å². The van der Waals surface area contributed by atoms with Gasteiger partial charge in [-0.15, -0.1) is 6.42 Å². The van der Waals surface area contributed by atoms with E-state index in [0.717, 1.165) is 12.1 Å². The molecule has 6 heteroatoms. The zero-order valence-corrected chi connectivity index (χ0v) is 13.1. The number of esters is 1. The van der Waals surface area contributed by atoms with Gasteiger partial charge in [0.25, 0.3) is 0 Å². The van der Waals surface area contributed by atoms with Gasteiger partial charge < -0.3 is 20.1 Å². The van der Waals surface area contributed by atoms with E-state index in [0.29, 0.717) is 30.4 Å². The topological polar surface area (TPSA) is 72.0 Å². The summed E-state index contributed by atoms with van der Waals surface area (Å²) in [5, 5.41) is 6.08. The van der Waals surface area contributed by atoms with Gasteiger partial charge >= 0.3 is 5.97 Å². The molecular formula is C16H21N3O3. The SMILES string of the molecule is C#CCNC(=NCc1ccc(OC)c(C(=O)OC)c1)NCC. The highest BCUT2D eigenvalue weighted by molar-refractivity contribution is 5.92. The Morgan fingerprint density at radius 2 is 2.14 bits per heavy atom. The summed E-state index contributed by atoms with van der Waals surface area (Å²) in [6.07, 6.45) is 5.22. The van der Waals surface area contributed by atoms with Crippen LogP contribution >= 0.6 is 0 Å². The Bertz CT molecular complexity index is 576. The predicted molar refractivity (Wildman–Crippen MR) is 86.0 cm³/mol. The van der Waals surface area contributed by atoms with Crippen molar-refractivity contribution in [1.82, 2.24) is 10.6 Å². The molecule has 0 saturated carbocycles. The second-order valence-electron chi connectivity index (χ2n) is 4.28. The van der Waals surface area contributed by atoms with E-state index < -0.39 is 5.97 Å². The summed E-state index contributed by atoms with van der Waals surface area (Å²) < 4.78 is 9.91. The van der Waals surface area contributed by atoms with Crippen LogP contribution in [-0.4, -0.2) is 39.2 Å². The van der Waals surface area contributed by atoms with Crippen molar-refractivity contribution in [2.75, 3.05) is 27.3 Å². The number of nitrogens with zero attached hydrogens (tertiary/aromatic N) is 1. The molecule has 0 aliphatic rings. The lowest BCUT2D eigenvalue weighted by Gasteiger charge is -2.10. The number of methoxy groups -OCH3 is 2. The molecule has 2 N–H and O–H groups in total. The van der Waals surface area contributed by atoms with E-state index in [1.807, 2.05) is 13.0 Å². The molecule has 1 rings (SSSR count). The van der Waals surface area contributed by atoms with Gasteiger partial charge in [0.15, 0.2) is 5.96 Å². The molecule has 0 aliphatic heterocycles. The Kier molecular flexibility index (Phi) is 7.34. The maximum absolute atomic E-state index is 11.7. The van der Waals surface area contributed by atoms with Crippen molar-refractivity contribution < 1.29 is 14.3 Å². The molecule has 22 heavy (non-hydrogen) atoms. The first kappa shape index (κ1) is 17.4. The summed E-state index contributed by atoms with van der Waals surface area (Å²) in [5.74, 6) is 3.14. The molecule has 0 heterocycles. The Balaban J connectivity index is 2.92. The molecule has 0 aromatic heterocycles. The zero-order chi connectivity index (χ0) is 16.4. The van der Waals surface area contributed by atoms with E-state index in [2.05, 4.69) is 21.5 Å². The van der Waals surface area contributed by atoms with E-state index in [-0.39, 0.29) is 0 Å². The van der Waals surface area contributed by atoms with Crippen molar-refractivity contribution in [3.05, 3.63) is 29.3 Å². The van der Waals surface area contributed by atoms with Crippen molar-refractivity contribution in [2.24, 2.45) is 4.99 Å². The Labute approximate surface area is 130 Å². The number of ether oxygens (including phenoxy) is 2. The van der Waals surface area contributed by atoms with Gasteiger partial charge in [0.1, 0.15) is 11.3 Å². The molecule has 0 bridgehead atoms. The quantitative estimate of drug-likeness (QED) is 0.357. The number of aliphatic imine (C=N–C) groups is 1. The van der Waals surface area contributed by atoms with Gasteiger partial charge in [-0.3, -0.25) is 0 Å². The highest BCUT2D eigenvalue weighted by atomic mass is 16.5. The van der Waals surface area contributed by atoms with Gasteiger partial charge in [-0.05, 0) is 24.6 Å². The third kappa shape index (κ3) is 5.02. The van der Waals surface area contributed by atoms with Gasteiger partial charge in [-0.25, -0.2) is 9.79 Å². The minimum Gasteiger partial charge on any atom is -0.496 e. The van der Waals surface area contributed by atoms with Gasteiger partial charge in [-0.2, -0.15) is 0 Å². The van der Waals surface area contributed by atoms with Crippen molar-refractivity contribution in [2.45, 2.75) is 13.5 Å². The normalized spacial score (nSPS) is 10.5. The second kappa shape index (κ2) is 9.29. The minimum atomic E-state index is -0.444. The number of hydrogen-bond donors (Lipinski definition) is 2. The summed E-state index contributed by atoms with van der Waals surface area (Å²) in [4.78, 5) is 16.2. The lowest BCUT2D eigenvalue weighted by Crippen LogP contribution is -2.37. The molecule has 0 atom stereocenters. The van der Waals surface area contributed by atoms with Crippen LogP contribution < -0.4 is 15.4 Å². The highest BCUT2D eigenvalue weighted by Gasteiger charge is 2.13. The first-order valence-corrected chi connectivity index (χ1v) is 6.87. The number of carbonyl (C=O) groups is 1. The number of guanidine groups is 1. The van der Waals surface area contributed by atoms with Crippen LogP contribution in [0.25, 0.3) is 0 Å². The molecule has 0 radical (unpaired) electrons. The van der Waals surface area contributed by atoms with Crippen LogP contribution in [0.15, 0.2) is 23.2 Å². The minimum absolute atomic E-state index is 0.374. The number of nitrogens with one attached hydrogen (secondary N) is 2. The first-order valence-electron chi connectivity index (χ1n) is 6.87. The zero-order valence-electron chi connectivity index (χ0n) is 13.1. The molecule has 0 amide bonds. The largest absolute Gasteiger partial charge is 0.496 e. The third-order valence-electron chi connectivity index (χ3n) is 2.79. The Hall–Kier alpha value is -2.68. The number of terminal acetylenes is 1. The van der Waals surface area contributed by atoms with E-state index >= 15 is 0 Å². The molecule has 0 fully saturated rings. The maximum atomic E-state index is 11.7. The summed E-state index contributed by atoms with van der Waals surface area (Å²) in [6, 6.07) is 5.28. The molecule has 0 unspecified atom stereocenters. The Morgan fingerprint density at radius 3 is 2.73 bits per heavy atom. The van der Waals surface area contributed by atoms with Crippen LogP contribution in [0.2, 0.25) is 0 Å². The average Bonchev–Trinajstić information content (AvgIpc) is 2.56. The van der Waals surface area contributed by atoms with Crippen molar-refractivity contribution in [3.8, 4) is 18.1 Å². The summed E-state index contributed by atoms with van der Waals surface area (Å²) >= 11 is 0. The highest BCUT2D eigenvalue weighted by Crippen LogP contribution is 2.21. The molecule has 0 aliphatic carbocycles. The number of rotatable bonds is 6. The van der Waals surface area contributed by atoms with Gasteiger partial charge in [0.2, 0.25) is 0 Å². The predicted octanol–water partition coefficient (Wildman–Crippen LogP) is 1.17. The van der Waals surface area contributed by atoms with Crippen LogP contribution in [0, 0.1) is 12.3 Å².